The fourth-order valence-corrected chi connectivity index (χ4v) is 2.99. The summed E-state index contributed by atoms with van der Waals surface area (Å²) in [6, 6.07) is 7.87. The Balaban J connectivity index is 1.94. The highest BCUT2D eigenvalue weighted by Crippen LogP contribution is 2.24. The Bertz CT molecular complexity index is 425. The second-order valence-electron chi connectivity index (χ2n) is 5.20. The van der Waals surface area contributed by atoms with E-state index < -0.39 is 0 Å². The largest absolute Gasteiger partial charge is 0.289 e. The van der Waals surface area contributed by atoms with Gasteiger partial charge < -0.3 is 0 Å². The molecule has 1 aromatic carbocycles. The SMILES string of the molecule is CSc1ccc(C(=O)/C=C/C2CCCCCC2)cc1. The summed E-state index contributed by atoms with van der Waals surface area (Å²) in [4.78, 5) is 13.3. The molecule has 1 nitrogen and oxygen atoms in total. The highest BCUT2D eigenvalue weighted by atomic mass is 32.2. The number of rotatable bonds is 4. The van der Waals surface area contributed by atoms with Gasteiger partial charge in [0.05, 0.1) is 0 Å². The first kappa shape index (κ1) is 14.4. The fourth-order valence-electron chi connectivity index (χ4n) is 2.58. The molecule has 1 fully saturated rings. The molecule has 1 aliphatic rings. The quantitative estimate of drug-likeness (QED) is 0.328. The number of hydrogen-bond donors (Lipinski definition) is 0. The zero-order valence-corrected chi connectivity index (χ0v) is 12.4. The molecule has 0 bridgehead atoms. The van der Waals surface area contributed by atoms with Crippen LogP contribution in [0.3, 0.4) is 0 Å². The van der Waals surface area contributed by atoms with Gasteiger partial charge in [-0.05, 0) is 55.4 Å². The van der Waals surface area contributed by atoms with Gasteiger partial charge in [0.1, 0.15) is 0 Å². The van der Waals surface area contributed by atoms with E-state index in [4.69, 9.17) is 0 Å². The molecular formula is C17H22OS. The van der Waals surface area contributed by atoms with Gasteiger partial charge in [-0.1, -0.05) is 31.8 Å². The molecule has 1 aromatic rings. The normalized spacial score (nSPS) is 17.5. The Hall–Kier alpha value is -1.02. The second-order valence-corrected chi connectivity index (χ2v) is 6.08. The lowest BCUT2D eigenvalue weighted by molar-refractivity contribution is 0.104. The van der Waals surface area contributed by atoms with E-state index >= 15 is 0 Å². The minimum Gasteiger partial charge on any atom is -0.289 e. The highest BCUT2D eigenvalue weighted by molar-refractivity contribution is 7.98. The minimum atomic E-state index is 0.136. The van der Waals surface area contributed by atoms with Gasteiger partial charge in [-0.25, -0.2) is 0 Å². The van der Waals surface area contributed by atoms with Crippen LogP contribution in [-0.2, 0) is 0 Å². The van der Waals surface area contributed by atoms with Gasteiger partial charge >= 0.3 is 0 Å². The fraction of sp³-hybridized carbons (Fsp3) is 0.471. The summed E-state index contributed by atoms with van der Waals surface area (Å²) in [7, 11) is 0. The van der Waals surface area contributed by atoms with E-state index in [-0.39, 0.29) is 5.78 Å². The van der Waals surface area contributed by atoms with Crippen LogP contribution in [0.15, 0.2) is 41.3 Å². The van der Waals surface area contributed by atoms with Gasteiger partial charge in [-0.3, -0.25) is 4.79 Å². The van der Waals surface area contributed by atoms with Crippen molar-refractivity contribution >= 4 is 17.5 Å². The molecule has 0 aliphatic heterocycles. The summed E-state index contributed by atoms with van der Waals surface area (Å²) in [6.45, 7) is 0. The van der Waals surface area contributed by atoms with Crippen LogP contribution < -0.4 is 0 Å². The molecule has 0 spiro atoms. The molecule has 0 saturated heterocycles. The van der Waals surface area contributed by atoms with E-state index in [9.17, 15) is 4.79 Å². The lowest BCUT2D eigenvalue weighted by Crippen LogP contribution is -1.98. The van der Waals surface area contributed by atoms with Crippen molar-refractivity contribution in [1.29, 1.82) is 0 Å². The van der Waals surface area contributed by atoms with Crippen molar-refractivity contribution in [2.45, 2.75) is 43.4 Å². The van der Waals surface area contributed by atoms with Crippen LogP contribution in [0.2, 0.25) is 0 Å². The van der Waals surface area contributed by atoms with Crippen molar-refractivity contribution in [1.82, 2.24) is 0 Å². The van der Waals surface area contributed by atoms with Crippen molar-refractivity contribution in [3.05, 3.63) is 42.0 Å². The predicted octanol–water partition coefficient (Wildman–Crippen LogP) is 5.12. The third-order valence-corrected chi connectivity index (χ3v) is 4.54. The molecule has 0 N–H and O–H groups in total. The van der Waals surface area contributed by atoms with Crippen LogP contribution in [-0.4, -0.2) is 12.0 Å². The minimum absolute atomic E-state index is 0.136. The van der Waals surface area contributed by atoms with Crippen molar-refractivity contribution < 1.29 is 4.79 Å². The molecule has 0 heterocycles. The molecular weight excluding hydrogens is 252 g/mol. The molecule has 1 saturated carbocycles. The number of thioether (sulfide) groups is 1. The van der Waals surface area contributed by atoms with E-state index in [0.29, 0.717) is 5.92 Å². The third-order valence-electron chi connectivity index (χ3n) is 3.79. The average Bonchev–Trinajstić information content (AvgIpc) is 2.73. The zero-order valence-electron chi connectivity index (χ0n) is 11.6. The predicted molar refractivity (Wildman–Crippen MR) is 82.9 cm³/mol. The maximum atomic E-state index is 12.1. The summed E-state index contributed by atoms with van der Waals surface area (Å²) in [5.74, 6) is 0.744. The van der Waals surface area contributed by atoms with Crippen LogP contribution >= 0.6 is 11.8 Å². The summed E-state index contributed by atoms with van der Waals surface area (Å²) in [6.07, 6.45) is 13.8. The number of ketones is 1. The van der Waals surface area contributed by atoms with Gasteiger partial charge in [0.15, 0.2) is 5.78 Å². The topological polar surface area (TPSA) is 17.1 Å². The third kappa shape index (κ3) is 4.54. The Morgan fingerprint density at radius 3 is 2.32 bits per heavy atom. The van der Waals surface area contributed by atoms with E-state index in [1.54, 1.807) is 17.8 Å². The van der Waals surface area contributed by atoms with E-state index in [0.717, 1.165) is 5.56 Å². The summed E-state index contributed by atoms with van der Waals surface area (Å²) in [5.41, 5.74) is 0.794. The lowest BCUT2D eigenvalue weighted by atomic mass is 9.99. The van der Waals surface area contributed by atoms with Crippen molar-refractivity contribution in [3.8, 4) is 0 Å². The zero-order chi connectivity index (χ0) is 13.5. The standard InChI is InChI=1S/C17H22OS/c1-19-16-11-9-15(10-12-16)17(18)13-8-14-6-4-2-3-5-7-14/h8-14H,2-7H2,1H3/b13-8+. The highest BCUT2D eigenvalue weighted by Gasteiger charge is 2.09. The number of carbonyl (C=O) groups is 1. The van der Waals surface area contributed by atoms with Crippen LogP contribution in [0, 0.1) is 5.92 Å². The number of hydrogen-bond acceptors (Lipinski definition) is 2. The van der Waals surface area contributed by atoms with Gasteiger partial charge in [0.2, 0.25) is 0 Å². The molecule has 0 amide bonds. The molecule has 0 unspecified atom stereocenters. The molecule has 2 heteroatoms. The van der Waals surface area contributed by atoms with Crippen LogP contribution in [0.25, 0.3) is 0 Å². The Morgan fingerprint density at radius 2 is 1.74 bits per heavy atom. The molecule has 0 radical (unpaired) electrons. The first-order valence-electron chi connectivity index (χ1n) is 7.16. The smallest absolute Gasteiger partial charge is 0.185 e. The number of allylic oxidation sites excluding steroid dienone is 2. The second kappa shape index (κ2) is 7.54. The lowest BCUT2D eigenvalue weighted by Gasteiger charge is -2.07. The van der Waals surface area contributed by atoms with Gasteiger partial charge in [-0.2, -0.15) is 0 Å². The number of benzene rings is 1. The Morgan fingerprint density at radius 1 is 1.11 bits per heavy atom. The molecule has 2 rings (SSSR count). The molecule has 1 aliphatic carbocycles. The number of carbonyl (C=O) groups excluding carboxylic acids is 1. The van der Waals surface area contributed by atoms with E-state index in [1.807, 2.05) is 30.5 Å². The molecule has 102 valence electrons. The summed E-state index contributed by atoms with van der Waals surface area (Å²) < 4.78 is 0. The van der Waals surface area contributed by atoms with E-state index in [1.165, 1.54) is 43.4 Å². The van der Waals surface area contributed by atoms with Crippen LogP contribution in [0.5, 0.6) is 0 Å². The van der Waals surface area contributed by atoms with Crippen LogP contribution in [0.1, 0.15) is 48.9 Å². The van der Waals surface area contributed by atoms with Crippen molar-refractivity contribution in [2.75, 3.05) is 6.26 Å². The Kier molecular flexibility index (Phi) is 5.71. The first-order chi connectivity index (χ1) is 9.29. The van der Waals surface area contributed by atoms with Crippen LogP contribution in [0.4, 0.5) is 0 Å². The monoisotopic (exact) mass is 274 g/mol. The van der Waals surface area contributed by atoms with Gasteiger partial charge in [0.25, 0.3) is 0 Å². The molecule has 0 aromatic heterocycles. The first-order valence-corrected chi connectivity index (χ1v) is 8.38. The maximum Gasteiger partial charge on any atom is 0.185 e. The van der Waals surface area contributed by atoms with Crippen molar-refractivity contribution in [3.63, 3.8) is 0 Å². The molecule has 0 atom stereocenters. The summed E-state index contributed by atoms with van der Waals surface area (Å²) in [5, 5.41) is 0. The van der Waals surface area contributed by atoms with Gasteiger partial charge in [-0.15, -0.1) is 11.8 Å². The maximum absolute atomic E-state index is 12.1. The van der Waals surface area contributed by atoms with Crippen molar-refractivity contribution in [2.24, 2.45) is 5.92 Å². The van der Waals surface area contributed by atoms with E-state index in [2.05, 4.69) is 6.08 Å². The summed E-state index contributed by atoms with van der Waals surface area (Å²) >= 11 is 1.70. The Labute approximate surface area is 120 Å². The molecule has 19 heavy (non-hydrogen) atoms. The average molecular weight is 274 g/mol. The van der Waals surface area contributed by atoms with Gasteiger partial charge in [0, 0.05) is 10.5 Å².